The maximum atomic E-state index is 13.2. The van der Waals surface area contributed by atoms with Gasteiger partial charge in [0.25, 0.3) is 0 Å². The third-order valence-electron chi connectivity index (χ3n) is 5.29. The van der Waals surface area contributed by atoms with E-state index in [-0.39, 0.29) is 11.5 Å². The van der Waals surface area contributed by atoms with Gasteiger partial charge in [0.2, 0.25) is 11.7 Å². The molecule has 1 unspecified atom stereocenters. The van der Waals surface area contributed by atoms with Crippen LogP contribution >= 0.6 is 0 Å². The Hall–Kier alpha value is -2.30. The van der Waals surface area contributed by atoms with Gasteiger partial charge in [0.1, 0.15) is 11.3 Å². The molecule has 5 heteroatoms. The highest BCUT2D eigenvalue weighted by Crippen LogP contribution is 2.44. The number of furan rings is 1. The van der Waals surface area contributed by atoms with E-state index in [0.717, 1.165) is 18.2 Å². The fourth-order valence-corrected chi connectivity index (χ4v) is 3.56. The number of unbranched alkanes of at least 4 members (excludes halogenated alkanes) is 1. The van der Waals surface area contributed by atoms with E-state index < -0.39 is 16.7 Å². The number of Topliss-reactive ketones (excluding diaryl/α,β-unsaturated/α-hetero) is 1. The summed E-state index contributed by atoms with van der Waals surface area (Å²) < 4.78 is 11.4. The maximum Gasteiger partial charge on any atom is 0.228 e. The topological polar surface area (TPSA) is 82.5 Å². The van der Waals surface area contributed by atoms with Crippen molar-refractivity contribution in [1.29, 1.82) is 0 Å². The summed E-state index contributed by atoms with van der Waals surface area (Å²) in [6.07, 6.45) is 2.83. The molecule has 1 amide bonds. The number of fused-ring (bicyclic) bond motifs is 1. The van der Waals surface area contributed by atoms with Crippen LogP contribution in [-0.2, 0) is 10.2 Å². The average Bonchev–Trinajstić information content (AvgIpc) is 3.00. The molecule has 2 aromatic rings. The lowest BCUT2D eigenvalue weighted by Crippen LogP contribution is -2.42. The van der Waals surface area contributed by atoms with Crippen molar-refractivity contribution < 1.29 is 18.7 Å². The molecule has 0 saturated carbocycles. The van der Waals surface area contributed by atoms with E-state index in [1.165, 1.54) is 0 Å². The zero-order chi connectivity index (χ0) is 20.4. The van der Waals surface area contributed by atoms with Gasteiger partial charge in [-0.05, 0) is 31.0 Å². The first-order valence-electron chi connectivity index (χ1n) is 9.58. The molecule has 27 heavy (non-hydrogen) atoms. The Bertz CT molecular complexity index is 844. The summed E-state index contributed by atoms with van der Waals surface area (Å²) in [6.45, 7) is 9.54. The second-order valence-corrected chi connectivity index (χ2v) is 8.15. The van der Waals surface area contributed by atoms with Crippen LogP contribution in [0.4, 0.5) is 0 Å². The Morgan fingerprint density at radius 2 is 1.85 bits per heavy atom. The molecule has 148 valence electrons. The minimum Gasteiger partial charge on any atom is -0.497 e. The van der Waals surface area contributed by atoms with Crippen LogP contribution < -0.4 is 10.5 Å². The fourth-order valence-electron chi connectivity index (χ4n) is 3.56. The molecule has 1 atom stereocenters. The highest BCUT2D eigenvalue weighted by Gasteiger charge is 2.44. The van der Waals surface area contributed by atoms with Crippen molar-refractivity contribution >= 4 is 22.7 Å². The molecule has 0 fully saturated rings. The number of nitrogens with two attached hydrogens (primary N) is 1. The van der Waals surface area contributed by atoms with Gasteiger partial charge in [0.05, 0.1) is 12.5 Å². The van der Waals surface area contributed by atoms with E-state index in [4.69, 9.17) is 14.9 Å². The van der Waals surface area contributed by atoms with Crippen LogP contribution in [0.15, 0.2) is 22.6 Å². The number of carbonyl (C=O) groups is 2. The van der Waals surface area contributed by atoms with E-state index in [2.05, 4.69) is 6.92 Å². The smallest absolute Gasteiger partial charge is 0.228 e. The largest absolute Gasteiger partial charge is 0.497 e. The Kier molecular flexibility index (Phi) is 6.03. The minimum absolute atomic E-state index is 0.136. The van der Waals surface area contributed by atoms with Crippen LogP contribution in [0, 0.1) is 5.41 Å². The van der Waals surface area contributed by atoms with Crippen LogP contribution in [0.1, 0.15) is 76.4 Å². The molecule has 0 radical (unpaired) electrons. The molecular formula is C22H31NO4. The Morgan fingerprint density at radius 1 is 1.19 bits per heavy atom. The van der Waals surface area contributed by atoms with Gasteiger partial charge >= 0.3 is 0 Å². The van der Waals surface area contributed by atoms with Gasteiger partial charge < -0.3 is 14.9 Å². The summed E-state index contributed by atoms with van der Waals surface area (Å²) in [6, 6.07) is 5.39. The van der Waals surface area contributed by atoms with Crippen LogP contribution in [-0.4, -0.2) is 18.8 Å². The second-order valence-electron chi connectivity index (χ2n) is 8.15. The number of benzene rings is 1. The number of carbonyl (C=O) groups excluding carboxylic acids is 2. The summed E-state index contributed by atoms with van der Waals surface area (Å²) in [5, 5.41) is 0.721. The van der Waals surface area contributed by atoms with Crippen molar-refractivity contribution in [2.45, 2.75) is 65.7 Å². The van der Waals surface area contributed by atoms with Gasteiger partial charge in [-0.3, -0.25) is 9.59 Å². The first kappa shape index (κ1) is 21.0. The van der Waals surface area contributed by atoms with E-state index in [1.54, 1.807) is 19.2 Å². The molecule has 1 aromatic carbocycles. The molecule has 2 N–H and O–H groups in total. The standard InChI is InChI=1S/C22H31NO4/c1-7-9-12-22(8-2,20(23)25)17-15-13-14(26-6)10-11-16(15)27-18(17)19(24)21(3,4)5/h10-11,13H,7-9,12H2,1-6H3,(H2,23,25). The van der Waals surface area contributed by atoms with Crippen molar-refractivity contribution in [3.8, 4) is 5.75 Å². The van der Waals surface area contributed by atoms with Crippen molar-refractivity contribution in [3.63, 3.8) is 0 Å². The Labute approximate surface area is 161 Å². The summed E-state index contributed by atoms with van der Waals surface area (Å²) in [7, 11) is 1.58. The first-order valence-corrected chi connectivity index (χ1v) is 9.58. The number of amides is 1. The predicted molar refractivity (Wildman–Crippen MR) is 107 cm³/mol. The lowest BCUT2D eigenvalue weighted by molar-refractivity contribution is -0.124. The summed E-state index contributed by atoms with van der Waals surface area (Å²) in [4.78, 5) is 25.9. The molecule has 0 aliphatic heterocycles. The van der Waals surface area contributed by atoms with Gasteiger partial charge in [-0.15, -0.1) is 0 Å². The summed E-state index contributed by atoms with van der Waals surface area (Å²) in [5.74, 6) is 0.321. The number of ether oxygens (including phenoxy) is 1. The molecule has 0 bridgehead atoms. The van der Waals surface area contributed by atoms with Gasteiger partial charge in [0.15, 0.2) is 5.76 Å². The van der Waals surface area contributed by atoms with E-state index >= 15 is 0 Å². The van der Waals surface area contributed by atoms with Crippen molar-refractivity contribution in [2.75, 3.05) is 7.11 Å². The third kappa shape index (κ3) is 3.73. The number of rotatable bonds is 8. The lowest BCUT2D eigenvalue weighted by atomic mass is 9.71. The molecule has 2 rings (SSSR count). The van der Waals surface area contributed by atoms with Gasteiger partial charge in [0, 0.05) is 16.4 Å². The lowest BCUT2D eigenvalue weighted by Gasteiger charge is -2.30. The Morgan fingerprint density at radius 3 is 2.33 bits per heavy atom. The molecule has 5 nitrogen and oxygen atoms in total. The van der Waals surface area contributed by atoms with Crippen molar-refractivity contribution in [1.82, 2.24) is 0 Å². The Balaban J connectivity index is 2.91. The molecule has 0 aliphatic carbocycles. The van der Waals surface area contributed by atoms with E-state index in [1.807, 2.05) is 33.8 Å². The quantitative estimate of drug-likeness (QED) is 0.661. The molecule has 0 aliphatic rings. The highest BCUT2D eigenvalue weighted by atomic mass is 16.5. The van der Waals surface area contributed by atoms with E-state index in [9.17, 15) is 9.59 Å². The molecule has 1 heterocycles. The number of ketones is 1. The van der Waals surface area contributed by atoms with Gasteiger partial charge in [-0.2, -0.15) is 0 Å². The fraction of sp³-hybridized carbons (Fsp3) is 0.545. The third-order valence-corrected chi connectivity index (χ3v) is 5.29. The predicted octanol–water partition coefficient (Wildman–Crippen LogP) is 4.99. The van der Waals surface area contributed by atoms with Crippen molar-refractivity contribution in [2.24, 2.45) is 11.1 Å². The van der Waals surface area contributed by atoms with Crippen LogP contribution in [0.2, 0.25) is 0 Å². The zero-order valence-corrected chi connectivity index (χ0v) is 17.3. The molecule has 1 aromatic heterocycles. The maximum absolute atomic E-state index is 13.2. The summed E-state index contributed by atoms with van der Waals surface area (Å²) >= 11 is 0. The van der Waals surface area contributed by atoms with Crippen molar-refractivity contribution in [3.05, 3.63) is 29.5 Å². The van der Waals surface area contributed by atoms with Crippen LogP contribution in [0.5, 0.6) is 5.75 Å². The molecule has 0 spiro atoms. The van der Waals surface area contributed by atoms with Gasteiger partial charge in [-0.25, -0.2) is 0 Å². The first-order chi connectivity index (χ1) is 12.6. The zero-order valence-electron chi connectivity index (χ0n) is 17.3. The number of primary amides is 1. The van der Waals surface area contributed by atoms with E-state index in [0.29, 0.717) is 29.7 Å². The number of hydrogen-bond donors (Lipinski definition) is 1. The normalized spacial score (nSPS) is 14.1. The van der Waals surface area contributed by atoms with Crippen LogP contribution in [0.25, 0.3) is 11.0 Å². The second kappa shape index (κ2) is 7.75. The molecule has 0 saturated heterocycles. The minimum atomic E-state index is -0.954. The monoisotopic (exact) mass is 373 g/mol. The summed E-state index contributed by atoms with van der Waals surface area (Å²) in [5.41, 5.74) is 5.51. The van der Waals surface area contributed by atoms with Gasteiger partial charge in [-0.1, -0.05) is 47.5 Å². The SMILES string of the molecule is CCCCC(CC)(C(N)=O)c1c(C(=O)C(C)(C)C)oc2ccc(OC)cc12. The molecular weight excluding hydrogens is 342 g/mol. The highest BCUT2D eigenvalue weighted by molar-refractivity contribution is 6.06. The average molecular weight is 373 g/mol. The number of hydrogen-bond acceptors (Lipinski definition) is 4. The van der Waals surface area contributed by atoms with Crippen LogP contribution in [0.3, 0.4) is 0 Å². The number of methoxy groups -OCH3 is 1.